The molecule has 0 saturated carbocycles. The minimum Gasteiger partial charge on any atom is -0.508 e. The first-order valence-electron chi connectivity index (χ1n) is 7.72. The molecule has 0 spiro atoms. The summed E-state index contributed by atoms with van der Waals surface area (Å²) >= 11 is 0. The third kappa shape index (κ3) is 2.17. The van der Waals surface area contributed by atoms with Gasteiger partial charge >= 0.3 is 0 Å². The summed E-state index contributed by atoms with van der Waals surface area (Å²) in [5.41, 5.74) is 3.79. The van der Waals surface area contributed by atoms with Gasteiger partial charge in [0.25, 0.3) is 0 Å². The molecule has 0 aliphatic heterocycles. The van der Waals surface area contributed by atoms with E-state index in [1.807, 2.05) is 18.2 Å². The average molecular weight is 270 g/mol. The molecule has 0 aromatic heterocycles. The molecule has 106 valence electrons. The molecule has 1 unspecified atom stereocenters. The maximum atomic E-state index is 11.8. The van der Waals surface area contributed by atoms with E-state index in [4.69, 9.17) is 0 Å². The molecular weight excluding hydrogens is 248 g/mol. The van der Waals surface area contributed by atoms with Crippen LogP contribution in [0.15, 0.2) is 24.3 Å². The second-order valence-corrected chi connectivity index (χ2v) is 6.28. The van der Waals surface area contributed by atoms with Crippen molar-refractivity contribution in [3.05, 3.63) is 35.4 Å². The number of allylic oxidation sites excluding steroid dienone is 2. The van der Waals surface area contributed by atoms with Crippen LogP contribution in [0.25, 0.3) is 5.57 Å². The zero-order valence-corrected chi connectivity index (χ0v) is 12.1. The number of rotatable bonds is 4. The molecule has 2 nitrogen and oxygen atoms in total. The Balaban J connectivity index is 1.98. The van der Waals surface area contributed by atoms with Crippen LogP contribution in [-0.2, 0) is 11.2 Å². The maximum Gasteiger partial charge on any atom is 0.156 e. The van der Waals surface area contributed by atoms with Gasteiger partial charge in [-0.1, -0.05) is 32.3 Å². The van der Waals surface area contributed by atoms with Gasteiger partial charge in [-0.25, -0.2) is 0 Å². The number of fused-ring (bicyclic) bond motifs is 3. The van der Waals surface area contributed by atoms with Crippen molar-refractivity contribution in [1.29, 1.82) is 0 Å². The lowest BCUT2D eigenvalue weighted by molar-refractivity contribution is -0.115. The summed E-state index contributed by atoms with van der Waals surface area (Å²) in [6, 6.07) is 5.60. The van der Waals surface area contributed by atoms with Crippen molar-refractivity contribution in [2.75, 3.05) is 0 Å². The highest BCUT2D eigenvalue weighted by atomic mass is 16.3. The molecule has 3 rings (SSSR count). The molecule has 20 heavy (non-hydrogen) atoms. The van der Waals surface area contributed by atoms with Crippen molar-refractivity contribution < 1.29 is 9.90 Å². The van der Waals surface area contributed by atoms with Gasteiger partial charge in [0.15, 0.2) is 5.78 Å². The number of unbranched alkanes of at least 4 members (excludes halogenated alkanes) is 2. The van der Waals surface area contributed by atoms with Crippen molar-refractivity contribution in [1.82, 2.24) is 0 Å². The quantitative estimate of drug-likeness (QED) is 0.830. The Hall–Kier alpha value is -1.57. The summed E-state index contributed by atoms with van der Waals surface area (Å²) in [4.78, 5) is 11.8. The molecule has 1 aromatic rings. The summed E-state index contributed by atoms with van der Waals surface area (Å²) in [6.45, 7) is 2.22. The summed E-state index contributed by atoms with van der Waals surface area (Å²) in [7, 11) is 0. The first kappa shape index (κ1) is 13.4. The predicted molar refractivity (Wildman–Crippen MR) is 80.6 cm³/mol. The number of aromatic hydroxyl groups is 1. The van der Waals surface area contributed by atoms with Crippen LogP contribution in [0.2, 0.25) is 0 Å². The third-order valence-corrected chi connectivity index (χ3v) is 4.89. The van der Waals surface area contributed by atoms with Gasteiger partial charge in [-0.15, -0.1) is 0 Å². The van der Waals surface area contributed by atoms with Crippen LogP contribution in [0.4, 0.5) is 0 Å². The Morgan fingerprint density at radius 3 is 2.95 bits per heavy atom. The number of phenolic OH excluding ortho intramolecular Hbond substituents is 1. The molecule has 2 aliphatic rings. The van der Waals surface area contributed by atoms with Crippen LogP contribution in [0.5, 0.6) is 5.75 Å². The number of hydrogen-bond donors (Lipinski definition) is 1. The first-order valence-corrected chi connectivity index (χ1v) is 7.72. The number of carbonyl (C=O) groups excluding carboxylic acids is 1. The molecule has 0 heterocycles. The van der Waals surface area contributed by atoms with Crippen LogP contribution in [0.1, 0.15) is 56.6 Å². The lowest BCUT2D eigenvalue weighted by Crippen LogP contribution is -2.25. The van der Waals surface area contributed by atoms with E-state index in [1.165, 1.54) is 36.0 Å². The van der Waals surface area contributed by atoms with E-state index in [9.17, 15) is 9.90 Å². The highest BCUT2D eigenvalue weighted by molar-refractivity contribution is 6.01. The number of ketones is 1. The Morgan fingerprint density at radius 1 is 1.30 bits per heavy atom. The van der Waals surface area contributed by atoms with Crippen molar-refractivity contribution in [3.63, 3.8) is 0 Å². The van der Waals surface area contributed by atoms with Gasteiger partial charge in [0.1, 0.15) is 5.75 Å². The van der Waals surface area contributed by atoms with Gasteiger partial charge in [0.05, 0.1) is 0 Å². The van der Waals surface area contributed by atoms with Crippen LogP contribution < -0.4 is 0 Å². The highest BCUT2D eigenvalue weighted by Crippen LogP contribution is 2.54. The summed E-state index contributed by atoms with van der Waals surface area (Å²) in [5.74, 6) is 0.588. The van der Waals surface area contributed by atoms with Gasteiger partial charge in [0, 0.05) is 11.8 Å². The van der Waals surface area contributed by atoms with Crippen molar-refractivity contribution >= 4 is 11.4 Å². The van der Waals surface area contributed by atoms with Gasteiger partial charge in [0.2, 0.25) is 0 Å². The molecule has 0 bridgehead atoms. The molecule has 2 aliphatic carbocycles. The minimum atomic E-state index is 0.152. The van der Waals surface area contributed by atoms with Gasteiger partial charge < -0.3 is 5.11 Å². The molecule has 0 fully saturated rings. The lowest BCUT2D eigenvalue weighted by Gasteiger charge is -2.34. The molecule has 1 atom stereocenters. The Labute approximate surface area is 120 Å². The molecule has 2 heteroatoms. The molecule has 0 radical (unpaired) electrons. The van der Waals surface area contributed by atoms with Crippen molar-refractivity contribution in [2.24, 2.45) is 5.41 Å². The zero-order chi connectivity index (χ0) is 14.2. The molecule has 1 aromatic carbocycles. The molecular formula is C18H22O2. The van der Waals surface area contributed by atoms with E-state index in [0.29, 0.717) is 12.2 Å². The van der Waals surface area contributed by atoms with Crippen LogP contribution in [-0.4, -0.2) is 10.9 Å². The van der Waals surface area contributed by atoms with E-state index in [0.717, 1.165) is 19.3 Å². The fourth-order valence-electron chi connectivity index (χ4n) is 3.85. The smallest absolute Gasteiger partial charge is 0.156 e. The van der Waals surface area contributed by atoms with Crippen LogP contribution in [0.3, 0.4) is 0 Å². The minimum absolute atomic E-state index is 0.152. The Bertz CT molecular complexity index is 571. The second kappa shape index (κ2) is 5.08. The lowest BCUT2D eigenvalue weighted by atomic mass is 9.69. The van der Waals surface area contributed by atoms with Crippen LogP contribution >= 0.6 is 0 Å². The Morgan fingerprint density at radius 2 is 2.15 bits per heavy atom. The standard InChI is InChI=1S/C18H22O2/c1-2-3-4-8-18-9-7-15(20)11-17(18)16-6-5-14(19)10-13(16)12-18/h5-6,10-11,19H,2-4,7-9,12H2,1H3. The molecule has 0 amide bonds. The second-order valence-electron chi connectivity index (χ2n) is 6.28. The van der Waals surface area contributed by atoms with Gasteiger partial charge in [-0.2, -0.15) is 0 Å². The summed E-state index contributed by atoms with van der Waals surface area (Å²) in [5, 5.41) is 9.69. The van der Waals surface area contributed by atoms with E-state index < -0.39 is 0 Å². The van der Waals surface area contributed by atoms with E-state index in [-0.39, 0.29) is 11.2 Å². The molecule has 0 saturated heterocycles. The fourth-order valence-corrected chi connectivity index (χ4v) is 3.85. The summed E-state index contributed by atoms with van der Waals surface area (Å²) < 4.78 is 0. The van der Waals surface area contributed by atoms with Gasteiger partial charge in [-0.05, 0) is 54.2 Å². The van der Waals surface area contributed by atoms with Crippen molar-refractivity contribution in [2.45, 2.75) is 51.9 Å². The largest absolute Gasteiger partial charge is 0.508 e. The van der Waals surface area contributed by atoms with Crippen LogP contribution in [0, 0.1) is 5.41 Å². The number of benzene rings is 1. The predicted octanol–water partition coefficient (Wildman–Crippen LogP) is 4.26. The molecule has 1 N–H and O–H groups in total. The first-order chi connectivity index (χ1) is 9.64. The zero-order valence-electron chi connectivity index (χ0n) is 12.1. The maximum absolute atomic E-state index is 11.8. The topological polar surface area (TPSA) is 37.3 Å². The van der Waals surface area contributed by atoms with Gasteiger partial charge in [-0.3, -0.25) is 4.79 Å². The fraction of sp³-hybridized carbons (Fsp3) is 0.500. The number of hydrogen-bond acceptors (Lipinski definition) is 2. The normalized spacial score (nSPS) is 24.2. The SMILES string of the molecule is CCCCCC12CCC(=O)C=C1c1ccc(O)cc1C2. The van der Waals surface area contributed by atoms with E-state index in [1.54, 1.807) is 6.07 Å². The number of carbonyl (C=O) groups is 1. The third-order valence-electron chi connectivity index (χ3n) is 4.89. The highest BCUT2D eigenvalue weighted by Gasteiger charge is 2.43. The van der Waals surface area contributed by atoms with E-state index in [2.05, 4.69) is 6.92 Å². The van der Waals surface area contributed by atoms with Crippen molar-refractivity contribution in [3.8, 4) is 5.75 Å². The summed E-state index contributed by atoms with van der Waals surface area (Å²) in [6.07, 6.45) is 9.37. The number of phenols is 1. The monoisotopic (exact) mass is 270 g/mol. The van der Waals surface area contributed by atoms with E-state index >= 15 is 0 Å². The average Bonchev–Trinajstić information content (AvgIpc) is 2.72. The Kier molecular flexibility index (Phi) is 3.41.